The SMILES string of the molecule is CC/C(=C\c1[c-]c(C)c(-c2ccc(NCCC(F)(F)F)cc2)[c-]c1C)C(N)=O.[CH3-].[CH3-].[U+2].[U+2]. The summed E-state index contributed by atoms with van der Waals surface area (Å²) in [5, 5.41) is 2.76. The molecule has 2 aromatic carbocycles. The number of anilines is 1. The second kappa shape index (κ2) is 16.1. The van der Waals surface area contributed by atoms with Gasteiger partial charge >= 0.3 is 68.4 Å². The molecule has 0 aliphatic carbocycles. The summed E-state index contributed by atoms with van der Waals surface area (Å²) in [4.78, 5) is 11.4. The fraction of sp³-hybridized carbons (Fsp3) is 0.292. The van der Waals surface area contributed by atoms with Crippen molar-refractivity contribution in [2.24, 2.45) is 5.73 Å². The zero-order valence-electron chi connectivity index (χ0n) is 19.1. The number of rotatable bonds is 7. The van der Waals surface area contributed by atoms with Crippen molar-refractivity contribution in [3.05, 3.63) is 73.5 Å². The third-order valence-electron chi connectivity index (χ3n) is 4.34. The number of halogens is 3. The van der Waals surface area contributed by atoms with Crippen molar-refractivity contribution in [3.63, 3.8) is 0 Å². The van der Waals surface area contributed by atoms with Gasteiger partial charge < -0.3 is 25.9 Å². The number of benzene rings is 2. The van der Waals surface area contributed by atoms with Gasteiger partial charge in [0.2, 0.25) is 5.91 Å². The topological polar surface area (TPSA) is 55.1 Å². The van der Waals surface area contributed by atoms with E-state index < -0.39 is 18.5 Å². The van der Waals surface area contributed by atoms with Crippen LogP contribution < -0.4 is 11.1 Å². The van der Waals surface area contributed by atoms with Gasteiger partial charge in [0.25, 0.3) is 0 Å². The Hall–Kier alpha value is -0.656. The number of primary amides is 1. The molecule has 2 aromatic rings. The zero-order valence-corrected chi connectivity index (χ0v) is 27.5. The van der Waals surface area contributed by atoms with Crippen LogP contribution >= 0.6 is 0 Å². The van der Waals surface area contributed by atoms with Crippen molar-refractivity contribution in [2.75, 3.05) is 11.9 Å². The van der Waals surface area contributed by atoms with E-state index in [0.29, 0.717) is 17.7 Å². The third kappa shape index (κ3) is 11.0. The van der Waals surface area contributed by atoms with Gasteiger partial charge in [-0.05, 0) is 24.1 Å². The molecule has 0 atom stereocenters. The summed E-state index contributed by atoms with van der Waals surface area (Å²) in [5.41, 5.74) is 10.7. The van der Waals surface area contributed by atoms with E-state index in [9.17, 15) is 18.0 Å². The first kappa shape index (κ1) is 35.9. The monoisotopic (exact) mass is 894 g/mol. The van der Waals surface area contributed by atoms with Gasteiger partial charge in [-0.2, -0.15) is 19.2 Å². The van der Waals surface area contributed by atoms with Crippen molar-refractivity contribution in [3.8, 4) is 11.1 Å². The van der Waals surface area contributed by atoms with Crippen LogP contribution in [0.4, 0.5) is 18.9 Å². The maximum atomic E-state index is 12.2. The van der Waals surface area contributed by atoms with E-state index in [-0.39, 0.29) is 83.6 Å². The number of amides is 1. The first-order valence-corrected chi connectivity index (χ1v) is 8.98. The zero-order chi connectivity index (χ0) is 20.9. The van der Waals surface area contributed by atoms with Crippen molar-refractivity contribution >= 4 is 17.7 Å². The Balaban J connectivity index is -0.00000210. The number of carbonyl (C=O) groups excluding carboxylic acids is 1. The van der Waals surface area contributed by atoms with E-state index in [4.69, 9.17) is 5.73 Å². The molecule has 32 heavy (non-hydrogen) atoms. The average molecular weight is 895 g/mol. The number of alkyl halides is 3. The molecule has 0 aliphatic heterocycles. The number of hydrogen-bond donors (Lipinski definition) is 2. The van der Waals surface area contributed by atoms with Crippen LogP contribution in [0.1, 0.15) is 36.5 Å². The van der Waals surface area contributed by atoms with Crippen molar-refractivity contribution in [2.45, 2.75) is 39.8 Å². The minimum atomic E-state index is -4.17. The molecule has 0 saturated heterocycles. The average Bonchev–Trinajstić information content (AvgIpc) is 2.61. The van der Waals surface area contributed by atoms with E-state index in [2.05, 4.69) is 17.4 Å². The van der Waals surface area contributed by atoms with Crippen molar-refractivity contribution in [1.29, 1.82) is 0 Å². The molecule has 3 nitrogen and oxygen atoms in total. The third-order valence-corrected chi connectivity index (χ3v) is 4.34. The molecule has 0 radical (unpaired) electrons. The molecule has 8 heteroatoms. The number of carbonyl (C=O) groups is 1. The largest absolute Gasteiger partial charge is 2.00 e. The van der Waals surface area contributed by atoms with E-state index in [0.717, 1.165) is 27.8 Å². The Kier molecular flexibility index (Phi) is 18.0. The van der Waals surface area contributed by atoms with Gasteiger partial charge in [0.15, 0.2) is 0 Å². The van der Waals surface area contributed by atoms with Crippen LogP contribution in [-0.2, 0) is 4.79 Å². The summed E-state index contributed by atoms with van der Waals surface area (Å²) in [5.74, 6) is -0.453. The number of nitrogens with two attached hydrogens (primary N) is 1. The Morgan fingerprint density at radius 3 is 2.09 bits per heavy atom. The fourth-order valence-electron chi connectivity index (χ4n) is 2.76. The molecule has 0 spiro atoms. The molecule has 0 unspecified atom stereocenters. The summed E-state index contributed by atoms with van der Waals surface area (Å²) < 4.78 is 36.7. The second-order valence-corrected chi connectivity index (χ2v) is 6.55. The minimum absolute atomic E-state index is 0. The molecule has 170 valence electrons. The van der Waals surface area contributed by atoms with Gasteiger partial charge in [-0.1, -0.05) is 20.8 Å². The smallest absolute Gasteiger partial charge is 0.385 e. The van der Waals surface area contributed by atoms with Crippen molar-refractivity contribution < 1.29 is 80.2 Å². The van der Waals surface area contributed by atoms with E-state index in [1.165, 1.54) is 0 Å². The Labute approximate surface area is 237 Å². The number of hydrogen-bond acceptors (Lipinski definition) is 2. The summed E-state index contributed by atoms with van der Waals surface area (Å²) in [6, 6.07) is 13.7. The summed E-state index contributed by atoms with van der Waals surface area (Å²) in [6.45, 7) is 5.48. The van der Waals surface area contributed by atoms with Crippen LogP contribution in [-0.4, -0.2) is 18.6 Å². The summed E-state index contributed by atoms with van der Waals surface area (Å²) in [6.07, 6.45) is -2.78. The van der Waals surface area contributed by atoms with E-state index in [1.807, 2.05) is 32.9 Å². The van der Waals surface area contributed by atoms with Crippen LogP contribution in [0, 0.1) is 103 Å². The molecule has 0 fully saturated rings. The molecule has 0 saturated carbocycles. The standard InChI is InChI=1S/C22H23F3N2O.2CH3.2U/c1-4-16(21(26)28)13-18-11-15(3)20(12-14(18)2)17-5-7-19(8-6-17)27-10-9-22(23,24)25;;;;/h5-8,13,27H,4,9-10H2,1-3H3,(H2,26,28);2*1H3;;/q-2;2*-1;2*+2/b16-13+;;;;. The first-order valence-electron chi connectivity index (χ1n) is 8.98. The molecule has 3 N–H and O–H groups in total. The van der Waals surface area contributed by atoms with Crippen molar-refractivity contribution in [1.82, 2.24) is 0 Å². The number of nitrogens with one attached hydrogen (secondary N) is 1. The Morgan fingerprint density at radius 2 is 1.62 bits per heavy atom. The predicted molar refractivity (Wildman–Crippen MR) is 118 cm³/mol. The molecule has 0 aromatic heterocycles. The van der Waals surface area contributed by atoms with Gasteiger partial charge in [0.1, 0.15) is 0 Å². The molecule has 1 amide bonds. The molecule has 0 aliphatic rings. The Bertz CT molecular complexity index is 880. The molecular weight excluding hydrogens is 865 g/mol. The maximum Gasteiger partial charge on any atom is 2.00 e. The van der Waals surface area contributed by atoms with Crippen LogP contribution in [0.3, 0.4) is 0 Å². The second-order valence-electron chi connectivity index (χ2n) is 6.55. The van der Waals surface area contributed by atoms with Gasteiger partial charge in [0, 0.05) is 12.2 Å². The van der Waals surface area contributed by atoms with E-state index >= 15 is 0 Å². The van der Waals surface area contributed by atoms with Crippen LogP contribution in [0.5, 0.6) is 0 Å². The van der Waals surface area contributed by atoms with Crippen LogP contribution in [0.2, 0.25) is 0 Å². The van der Waals surface area contributed by atoms with Crippen LogP contribution in [0.15, 0.2) is 29.8 Å². The summed E-state index contributed by atoms with van der Waals surface area (Å²) >= 11 is 0. The fourth-order valence-corrected chi connectivity index (χ4v) is 2.76. The molecule has 2 rings (SSSR count). The van der Waals surface area contributed by atoms with Gasteiger partial charge in [-0.3, -0.25) is 4.79 Å². The molecule has 0 heterocycles. The minimum Gasteiger partial charge on any atom is -0.385 e. The van der Waals surface area contributed by atoms with Crippen LogP contribution in [0.25, 0.3) is 17.2 Å². The summed E-state index contributed by atoms with van der Waals surface area (Å²) in [7, 11) is 0. The predicted octanol–water partition coefficient (Wildman–Crippen LogP) is 6.11. The normalized spacial score (nSPS) is 10.6. The first-order chi connectivity index (χ1) is 13.1. The van der Waals surface area contributed by atoms with E-state index in [1.54, 1.807) is 18.2 Å². The maximum absolute atomic E-state index is 12.2. The Morgan fingerprint density at radius 1 is 1.06 bits per heavy atom. The van der Waals surface area contributed by atoms with Gasteiger partial charge in [-0.25, -0.2) is 34.4 Å². The quantitative estimate of drug-likeness (QED) is 0.261. The van der Waals surface area contributed by atoms with Gasteiger partial charge in [-0.15, -0.1) is 17.7 Å². The molecule has 0 bridgehead atoms. The number of aryl methyl sites for hydroxylation is 2. The molecular formula is C24H29F3N2OU2. The van der Waals surface area contributed by atoms with Gasteiger partial charge in [0.05, 0.1) is 6.42 Å².